The molecule has 2 N–H and O–H groups in total. The number of para-hydroxylation sites is 1. The zero-order valence-corrected chi connectivity index (χ0v) is 20.9. The summed E-state index contributed by atoms with van der Waals surface area (Å²) < 4.78 is 33.0. The molecule has 8 heteroatoms. The van der Waals surface area contributed by atoms with Crippen molar-refractivity contribution in [3.8, 4) is 0 Å². The van der Waals surface area contributed by atoms with Gasteiger partial charge in [0.25, 0.3) is 0 Å². The zero-order chi connectivity index (χ0) is 25.1. The Morgan fingerprint density at radius 3 is 2.44 bits per heavy atom. The third-order valence-corrected chi connectivity index (χ3v) is 8.86. The highest BCUT2D eigenvalue weighted by atomic mass is 32.2. The minimum atomic E-state index is -3.97. The van der Waals surface area contributed by atoms with Crippen LogP contribution in [0.25, 0.3) is 10.9 Å². The van der Waals surface area contributed by atoms with Crippen molar-refractivity contribution in [1.29, 1.82) is 0 Å². The highest BCUT2D eigenvalue weighted by Gasteiger charge is 2.35. The second kappa shape index (κ2) is 10.2. The van der Waals surface area contributed by atoms with E-state index in [2.05, 4.69) is 15.2 Å². The average Bonchev–Trinajstić information content (AvgIpc) is 3.31. The number of rotatable bonds is 7. The maximum absolute atomic E-state index is 13.8. The molecule has 1 fully saturated rings. The van der Waals surface area contributed by atoms with Crippen molar-refractivity contribution < 1.29 is 17.9 Å². The lowest BCUT2D eigenvalue weighted by molar-refractivity contribution is -0.115. The van der Waals surface area contributed by atoms with Crippen LogP contribution in [0.5, 0.6) is 0 Å². The highest BCUT2D eigenvalue weighted by Crippen LogP contribution is 2.27. The van der Waals surface area contributed by atoms with Crippen LogP contribution in [0.15, 0.2) is 83.9 Å². The number of aromatic amines is 1. The van der Waals surface area contributed by atoms with Crippen molar-refractivity contribution in [3.05, 3.63) is 90.1 Å². The first-order valence-corrected chi connectivity index (χ1v) is 13.6. The van der Waals surface area contributed by atoms with Crippen LogP contribution in [-0.4, -0.2) is 50.9 Å². The van der Waals surface area contributed by atoms with Gasteiger partial charge in [0.1, 0.15) is 5.25 Å². The number of nitrogens with zero attached hydrogens (tertiary/aromatic N) is 1. The smallest absolute Gasteiger partial charge is 0.243 e. The Bertz CT molecular complexity index is 1470. The molecule has 4 aromatic rings. The summed E-state index contributed by atoms with van der Waals surface area (Å²) in [5, 5.41) is 2.47. The largest absolute Gasteiger partial charge is 0.378 e. The van der Waals surface area contributed by atoms with Crippen LogP contribution in [0, 0.1) is 6.92 Å². The molecule has 1 aliphatic rings. The van der Waals surface area contributed by atoms with Crippen LogP contribution in [0.2, 0.25) is 0 Å². The lowest BCUT2D eigenvalue weighted by atomic mass is 10.1. The summed E-state index contributed by atoms with van der Waals surface area (Å²) in [6, 6.07) is 22.0. The number of nitrogens with one attached hydrogen (secondary N) is 2. The maximum atomic E-state index is 13.8. The minimum Gasteiger partial charge on any atom is -0.378 e. The number of fused-ring (bicyclic) bond motifs is 1. The molecule has 0 aliphatic carbocycles. The summed E-state index contributed by atoms with van der Waals surface area (Å²) in [5.41, 5.74) is 3.90. The van der Waals surface area contributed by atoms with Crippen LogP contribution in [0.4, 0.5) is 11.4 Å². The standard InChI is InChI=1S/C28H29N3O4S/c1-20-6-2-5-9-26(20)36(33,34)27(18-21-19-29-25-8-4-3-7-24(21)25)28(32)30-22-10-12-23(13-11-22)31-14-16-35-17-15-31/h2-13,19,27,29H,14-18H2,1H3,(H,30,32). The number of ether oxygens (including phenoxy) is 1. The van der Waals surface area contributed by atoms with Crippen LogP contribution < -0.4 is 10.2 Å². The van der Waals surface area contributed by atoms with Crippen LogP contribution >= 0.6 is 0 Å². The molecule has 1 atom stereocenters. The van der Waals surface area contributed by atoms with E-state index in [1.54, 1.807) is 37.4 Å². The van der Waals surface area contributed by atoms with Gasteiger partial charge in [-0.1, -0.05) is 36.4 Å². The van der Waals surface area contributed by atoms with E-state index in [0.29, 0.717) is 24.5 Å². The number of aromatic nitrogens is 1. The predicted octanol–water partition coefficient (Wildman–Crippen LogP) is 4.34. The summed E-state index contributed by atoms with van der Waals surface area (Å²) in [5.74, 6) is -0.553. The van der Waals surface area contributed by atoms with E-state index in [4.69, 9.17) is 4.74 Å². The molecule has 1 amide bonds. The summed E-state index contributed by atoms with van der Waals surface area (Å²) in [7, 11) is -3.97. The van der Waals surface area contributed by atoms with E-state index >= 15 is 0 Å². The van der Waals surface area contributed by atoms with Gasteiger partial charge in [-0.25, -0.2) is 8.42 Å². The van der Waals surface area contributed by atoms with E-state index in [0.717, 1.165) is 35.2 Å². The molecule has 0 bridgehead atoms. The van der Waals surface area contributed by atoms with E-state index < -0.39 is 21.0 Å². The van der Waals surface area contributed by atoms with Crippen LogP contribution in [0.3, 0.4) is 0 Å². The Balaban J connectivity index is 1.45. The van der Waals surface area contributed by atoms with Gasteiger partial charge in [-0.05, 0) is 54.4 Å². The molecule has 36 heavy (non-hydrogen) atoms. The number of carbonyl (C=O) groups excluding carboxylic acids is 1. The maximum Gasteiger partial charge on any atom is 0.243 e. The molecular formula is C28H29N3O4S. The van der Waals surface area contributed by atoms with Gasteiger partial charge in [0.05, 0.1) is 18.1 Å². The van der Waals surface area contributed by atoms with Crippen LogP contribution in [0.1, 0.15) is 11.1 Å². The first kappa shape index (κ1) is 24.1. The van der Waals surface area contributed by atoms with Gasteiger partial charge >= 0.3 is 0 Å². The molecule has 186 valence electrons. The highest BCUT2D eigenvalue weighted by molar-refractivity contribution is 7.92. The van der Waals surface area contributed by atoms with Gasteiger partial charge < -0.3 is 19.9 Å². The number of anilines is 2. The molecule has 0 radical (unpaired) electrons. The number of aryl methyl sites for hydroxylation is 1. The Morgan fingerprint density at radius 2 is 1.69 bits per heavy atom. The predicted molar refractivity (Wildman–Crippen MR) is 142 cm³/mol. The number of H-pyrrole nitrogens is 1. The molecule has 0 saturated carbocycles. The number of carbonyl (C=O) groups is 1. The molecule has 5 rings (SSSR count). The quantitative estimate of drug-likeness (QED) is 0.392. The molecule has 1 saturated heterocycles. The summed E-state index contributed by atoms with van der Waals surface area (Å²) in [6.07, 6.45) is 1.84. The summed E-state index contributed by atoms with van der Waals surface area (Å²) in [6.45, 7) is 4.74. The van der Waals surface area contributed by atoms with Gasteiger partial charge in [-0.2, -0.15) is 0 Å². The third kappa shape index (κ3) is 4.87. The van der Waals surface area contributed by atoms with Crippen molar-refractivity contribution in [2.45, 2.75) is 23.5 Å². The van der Waals surface area contributed by atoms with E-state index in [1.165, 1.54) is 0 Å². The SMILES string of the molecule is Cc1ccccc1S(=O)(=O)C(Cc1c[nH]c2ccccc12)C(=O)Nc1ccc(N2CCOCC2)cc1. The second-order valence-electron chi connectivity index (χ2n) is 9.00. The third-order valence-electron chi connectivity index (χ3n) is 6.66. The molecule has 7 nitrogen and oxygen atoms in total. The molecular weight excluding hydrogens is 474 g/mol. The van der Waals surface area contributed by atoms with Gasteiger partial charge in [0, 0.05) is 48.0 Å². The minimum absolute atomic E-state index is 0.0539. The Labute approximate surface area is 211 Å². The summed E-state index contributed by atoms with van der Waals surface area (Å²) in [4.78, 5) is 19.1. The van der Waals surface area contributed by atoms with E-state index in [9.17, 15) is 13.2 Å². The van der Waals surface area contributed by atoms with Crippen molar-refractivity contribution >= 4 is 38.0 Å². The number of benzene rings is 3. The van der Waals surface area contributed by atoms with E-state index in [1.807, 2.05) is 48.5 Å². The van der Waals surface area contributed by atoms with Gasteiger partial charge in [0.2, 0.25) is 5.91 Å². The summed E-state index contributed by atoms with van der Waals surface area (Å²) >= 11 is 0. The fourth-order valence-corrected chi connectivity index (χ4v) is 6.50. The fraction of sp³-hybridized carbons (Fsp3) is 0.250. The Kier molecular flexibility index (Phi) is 6.80. The van der Waals surface area contributed by atoms with Crippen molar-refractivity contribution in [2.75, 3.05) is 36.5 Å². The monoisotopic (exact) mass is 503 g/mol. The first-order valence-electron chi connectivity index (χ1n) is 12.0. The van der Waals surface area contributed by atoms with Gasteiger partial charge in [-0.15, -0.1) is 0 Å². The molecule has 2 heterocycles. The van der Waals surface area contributed by atoms with Crippen molar-refractivity contribution in [3.63, 3.8) is 0 Å². The molecule has 1 aliphatic heterocycles. The number of morpholine rings is 1. The average molecular weight is 504 g/mol. The van der Waals surface area contributed by atoms with Crippen molar-refractivity contribution in [1.82, 2.24) is 4.98 Å². The number of amides is 1. The normalized spacial score (nSPS) is 15.1. The number of hydrogen-bond acceptors (Lipinski definition) is 5. The topological polar surface area (TPSA) is 91.5 Å². The van der Waals surface area contributed by atoms with Crippen LogP contribution in [-0.2, 0) is 25.8 Å². The lowest BCUT2D eigenvalue weighted by Gasteiger charge is -2.29. The first-order chi connectivity index (χ1) is 17.4. The zero-order valence-electron chi connectivity index (χ0n) is 20.1. The Morgan fingerprint density at radius 1 is 1.00 bits per heavy atom. The van der Waals surface area contributed by atoms with Gasteiger partial charge in [-0.3, -0.25) is 4.79 Å². The van der Waals surface area contributed by atoms with Gasteiger partial charge in [0.15, 0.2) is 9.84 Å². The molecule has 1 aromatic heterocycles. The Hall–Kier alpha value is -3.62. The lowest BCUT2D eigenvalue weighted by Crippen LogP contribution is -2.37. The van der Waals surface area contributed by atoms with E-state index in [-0.39, 0.29) is 11.3 Å². The number of hydrogen-bond donors (Lipinski definition) is 2. The van der Waals surface area contributed by atoms with Crippen molar-refractivity contribution in [2.24, 2.45) is 0 Å². The molecule has 3 aromatic carbocycles. The molecule has 1 unspecified atom stereocenters. The second-order valence-corrected chi connectivity index (χ2v) is 11.1. The fourth-order valence-electron chi connectivity index (χ4n) is 4.67. The molecule has 0 spiro atoms. The number of sulfone groups is 1.